The molecule has 2 aliphatic rings. The Kier molecular flexibility index (Phi) is 11.2. The third-order valence-electron chi connectivity index (χ3n) is 10.9. The van der Waals surface area contributed by atoms with Gasteiger partial charge < -0.3 is 25.8 Å². The van der Waals surface area contributed by atoms with Crippen LogP contribution in [-0.4, -0.2) is 48.3 Å². The highest BCUT2D eigenvalue weighted by atomic mass is 35.5. The standard InChI is InChI=1S/C46H47Cl2N3O4/c1-44(2,3)28-39-45(37-23-22-35(48)27-38(37)50-43(45)54)40(30-14-13-21-34(47)26-30)41(51-39)42(53)49-25-24-36(52)29-55-46(31-15-7-4-8-16-31,32-17-9-5-10-18-32)33-19-11-6-12-20-33/h4-23,26-27,36,39-41,51-52H,24-25,28-29H2,1-3H3,(H,49,53)(H,50,54). The molecule has 55 heavy (non-hydrogen) atoms. The molecule has 284 valence electrons. The van der Waals surface area contributed by atoms with E-state index in [1.165, 1.54) is 0 Å². The molecule has 7 nitrogen and oxygen atoms in total. The van der Waals surface area contributed by atoms with Crippen LogP contribution in [0.2, 0.25) is 10.0 Å². The Labute approximate surface area is 333 Å². The average Bonchev–Trinajstić information content (AvgIpc) is 3.65. The maximum atomic E-state index is 14.5. The van der Waals surface area contributed by atoms with Gasteiger partial charge in [-0.05, 0) is 70.3 Å². The van der Waals surface area contributed by atoms with E-state index in [-0.39, 0.29) is 36.8 Å². The van der Waals surface area contributed by atoms with Crippen LogP contribution in [0.25, 0.3) is 0 Å². The molecule has 0 saturated carbocycles. The van der Waals surface area contributed by atoms with Crippen molar-refractivity contribution in [3.8, 4) is 0 Å². The SMILES string of the molecule is CC(C)(C)CC1NC(C(=O)NCCC(O)COC(c2ccccc2)(c2ccccc2)c2ccccc2)C(c2cccc(Cl)c2)C12C(=O)Nc1cc(Cl)ccc12. The fourth-order valence-corrected chi connectivity index (χ4v) is 9.04. The van der Waals surface area contributed by atoms with Crippen molar-refractivity contribution in [2.75, 3.05) is 18.5 Å². The van der Waals surface area contributed by atoms with Crippen molar-refractivity contribution in [1.29, 1.82) is 0 Å². The zero-order valence-corrected chi connectivity index (χ0v) is 32.8. The van der Waals surface area contributed by atoms with E-state index in [0.29, 0.717) is 22.2 Å². The Bertz CT molecular complexity index is 2030. The summed E-state index contributed by atoms with van der Waals surface area (Å²) in [6.45, 7) is 6.59. The lowest BCUT2D eigenvalue weighted by atomic mass is 9.62. The molecule has 2 heterocycles. The summed E-state index contributed by atoms with van der Waals surface area (Å²) in [5, 5.41) is 22.3. The van der Waals surface area contributed by atoms with Gasteiger partial charge in [0.25, 0.3) is 0 Å². The van der Waals surface area contributed by atoms with Gasteiger partial charge in [-0.15, -0.1) is 0 Å². The minimum absolute atomic E-state index is 0.0116. The summed E-state index contributed by atoms with van der Waals surface area (Å²) >= 11 is 13.0. The van der Waals surface area contributed by atoms with E-state index in [9.17, 15) is 14.7 Å². The number of fused-ring (bicyclic) bond motifs is 2. The van der Waals surface area contributed by atoms with Gasteiger partial charge in [0.15, 0.2) is 0 Å². The van der Waals surface area contributed by atoms with E-state index in [4.69, 9.17) is 27.9 Å². The number of amides is 2. The first kappa shape index (κ1) is 38.8. The first-order valence-electron chi connectivity index (χ1n) is 18.8. The van der Waals surface area contributed by atoms with Crippen molar-refractivity contribution in [3.63, 3.8) is 0 Å². The predicted octanol–water partition coefficient (Wildman–Crippen LogP) is 8.62. The molecule has 5 atom stereocenters. The minimum atomic E-state index is -1.12. The zero-order valence-electron chi connectivity index (χ0n) is 31.3. The molecule has 1 spiro atoms. The van der Waals surface area contributed by atoms with Crippen LogP contribution >= 0.6 is 23.2 Å². The van der Waals surface area contributed by atoms with Crippen molar-refractivity contribution in [2.45, 2.75) is 68.7 Å². The van der Waals surface area contributed by atoms with Gasteiger partial charge in [-0.25, -0.2) is 0 Å². The molecule has 2 aliphatic heterocycles. The molecule has 1 fully saturated rings. The van der Waals surface area contributed by atoms with Gasteiger partial charge in [0.05, 0.1) is 18.8 Å². The number of rotatable bonds is 12. The summed E-state index contributed by atoms with van der Waals surface area (Å²) in [5.74, 6) is -1.05. The van der Waals surface area contributed by atoms with Crippen LogP contribution in [0.4, 0.5) is 5.69 Å². The van der Waals surface area contributed by atoms with Gasteiger partial charge >= 0.3 is 0 Å². The molecule has 4 N–H and O–H groups in total. The van der Waals surface area contributed by atoms with Gasteiger partial charge in [0.1, 0.15) is 11.0 Å². The summed E-state index contributed by atoms with van der Waals surface area (Å²) in [7, 11) is 0. The van der Waals surface area contributed by atoms with Crippen molar-refractivity contribution in [3.05, 3.63) is 171 Å². The van der Waals surface area contributed by atoms with E-state index in [0.717, 1.165) is 27.8 Å². The number of ether oxygens (including phenoxy) is 1. The monoisotopic (exact) mass is 775 g/mol. The second-order valence-corrected chi connectivity index (χ2v) is 16.7. The summed E-state index contributed by atoms with van der Waals surface area (Å²) in [6.07, 6.45) is -0.0355. The Morgan fingerprint density at radius 1 is 0.818 bits per heavy atom. The number of anilines is 1. The molecule has 9 heteroatoms. The summed E-state index contributed by atoms with van der Waals surface area (Å²) in [6, 6.07) is 41.7. The maximum absolute atomic E-state index is 14.5. The van der Waals surface area contributed by atoms with Crippen molar-refractivity contribution < 1.29 is 19.4 Å². The van der Waals surface area contributed by atoms with E-state index in [1.54, 1.807) is 18.2 Å². The lowest BCUT2D eigenvalue weighted by Crippen LogP contribution is -2.49. The fourth-order valence-electron chi connectivity index (χ4n) is 8.67. The number of halogens is 2. The molecule has 0 aromatic heterocycles. The van der Waals surface area contributed by atoms with Crippen molar-refractivity contribution in [1.82, 2.24) is 10.6 Å². The first-order valence-corrected chi connectivity index (χ1v) is 19.6. The highest BCUT2D eigenvalue weighted by molar-refractivity contribution is 6.31. The van der Waals surface area contributed by atoms with Crippen LogP contribution in [0.5, 0.6) is 0 Å². The molecule has 0 bridgehead atoms. The lowest BCUT2D eigenvalue weighted by molar-refractivity contribution is -0.124. The molecule has 5 unspecified atom stereocenters. The Balaban J connectivity index is 1.14. The van der Waals surface area contributed by atoms with Crippen LogP contribution in [-0.2, 0) is 25.3 Å². The first-order chi connectivity index (χ1) is 26.4. The molecule has 0 radical (unpaired) electrons. The van der Waals surface area contributed by atoms with Gasteiger partial charge in [-0.2, -0.15) is 0 Å². The largest absolute Gasteiger partial charge is 0.391 e. The molecule has 7 rings (SSSR count). The Morgan fingerprint density at radius 2 is 1.40 bits per heavy atom. The average molecular weight is 777 g/mol. The number of nitrogens with one attached hydrogen (secondary N) is 3. The van der Waals surface area contributed by atoms with E-state index in [1.807, 2.05) is 115 Å². The maximum Gasteiger partial charge on any atom is 0.237 e. The number of carbonyl (C=O) groups is 2. The third-order valence-corrected chi connectivity index (χ3v) is 11.4. The normalized spacial score (nSPS) is 21.3. The summed E-state index contributed by atoms with van der Waals surface area (Å²) < 4.78 is 6.83. The quantitative estimate of drug-likeness (QED) is 0.0952. The number of hydrogen-bond acceptors (Lipinski definition) is 5. The predicted molar refractivity (Wildman–Crippen MR) is 220 cm³/mol. The van der Waals surface area contributed by atoms with Crippen LogP contribution in [0.15, 0.2) is 133 Å². The smallest absolute Gasteiger partial charge is 0.237 e. The minimum Gasteiger partial charge on any atom is -0.391 e. The molecule has 1 saturated heterocycles. The van der Waals surface area contributed by atoms with E-state index >= 15 is 0 Å². The number of aliphatic hydroxyl groups excluding tert-OH is 1. The number of aliphatic hydroxyl groups is 1. The topological polar surface area (TPSA) is 99.7 Å². The van der Waals surface area contributed by atoms with Gasteiger partial charge in [0.2, 0.25) is 11.8 Å². The Morgan fingerprint density at radius 3 is 1.96 bits per heavy atom. The van der Waals surface area contributed by atoms with E-state index in [2.05, 4.69) is 36.7 Å². The number of hydrogen-bond donors (Lipinski definition) is 4. The van der Waals surface area contributed by atoms with Gasteiger partial charge in [0, 0.05) is 34.2 Å². The van der Waals surface area contributed by atoms with Crippen LogP contribution < -0.4 is 16.0 Å². The molecule has 0 aliphatic carbocycles. The molecular weight excluding hydrogens is 729 g/mol. The highest BCUT2D eigenvalue weighted by Crippen LogP contribution is 2.56. The van der Waals surface area contributed by atoms with Gasteiger partial charge in [-0.1, -0.05) is 153 Å². The number of benzene rings is 5. The van der Waals surface area contributed by atoms with Crippen molar-refractivity contribution in [2.24, 2.45) is 5.41 Å². The Hall–Kier alpha value is -4.50. The van der Waals surface area contributed by atoms with Crippen molar-refractivity contribution >= 4 is 40.7 Å². The second-order valence-electron chi connectivity index (χ2n) is 15.8. The molecular formula is C46H47Cl2N3O4. The van der Waals surface area contributed by atoms with Crippen LogP contribution in [0, 0.1) is 5.41 Å². The molecule has 2 amide bonds. The van der Waals surface area contributed by atoms with Gasteiger partial charge in [-0.3, -0.25) is 9.59 Å². The molecule has 5 aromatic carbocycles. The van der Waals surface area contributed by atoms with E-state index < -0.39 is 35.1 Å². The fraction of sp³-hybridized carbons (Fsp3) is 0.304. The lowest BCUT2D eigenvalue weighted by Gasteiger charge is -2.37. The zero-order chi connectivity index (χ0) is 38.8. The highest BCUT2D eigenvalue weighted by Gasteiger charge is 2.65. The number of carbonyl (C=O) groups excluding carboxylic acids is 2. The summed E-state index contributed by atoms with van der Waals surface area (Å²) in [4.78, 5) is 28.9. The summed E-state index contributed by atoms with van der Waals surface area (Å²) in [5.41, 5.74) is 2.75. The van der Waals surface area contributed by atoms with Crippen LogP contribution in [0.3, 0.4) is 0 Å². The third kappa shape index (κ3) is 7.57. The van der Waals surface area contributed by atoms with Crippen LogP contribution in [0.1, 0.15) is 67.3 Å². The molecule has 5 aromatic rings. The second kappa shape index (κ2) is 15.9.